The standard InChI is InChI=1S/C13H20N2/c1-9-5-3-4-6-13(9)10(2)15-12-7-11(14)8-12/h3-6,10-12,15H,7-8,14H2,1-2H3/t10-,11?,12?/m0/s1. The minimum Gasteiger partial charge on any atom is -0.328 e. The summed E-state index contributed by atoms with van der Waals surface area (Å²) in [6, 6.07) is 10.0. The van der Waals surface area contributed by atoms with Gasteiger partial charge in [0.25, 0.3) is 0 Å². The molecule has 1 atom stereocenters. The normalized spacial score (nSPS) is 27.1. The molecule has 0 radical (unpaired) electrons. The predicted molar refractivity (Wildman–Crippen MR) is 63.7 cm³/mol. The SMILES string of the molecule is Cc1ccccc1[C@H](C)NC1CC(N)C1. The second kappa shape index (κ2) is 4.33. The molecule has 0 saturated heterocycles. The maximum atomic E-state index is 5.77. The molecule has 15 heavy (non-hydrogen) atoms. The van der Waals surface area contributed by atoms with Crippen LogP contribution in [0.5, 0.6) is 0 Å². The summed E-state index contributed by atoms with van der Waals surface area (Å²) in [7, 11) is 0. The molecule has 1 saturated carbocycles. The third-order valence-electron chi connectivity index (χ3n) is 3.32. The largest absolute Gasteiger partial charge is 0.328 e. The Hall–Kier alpha value is -0.860. The quantitative estimate of drug-likeness (QED) is 0.791. The van der Waals surface area contributed by atoms with Gasteiger partial charge >= 0.3 is 0 Å². The fourth-order valence-electron chi connectivity index (χ4n) is 2.31. The first-order chi connectivity index (χ1) is 7.16. The molecule has 0 aromatic heterocycles. The number of nitrogens with one attached hydrogen (secondary N) is 1. The Kier molecular flexibility index (Phi) is 3.08. The smallest absolute Gasteiger partial charge is 0.0296 e. The zero-order chi connectivity index (χ0) is 10.8. The van der Waals surface area contributed by atoms with Crippen molar-refractivity contribution >= 4 is 0 Å². The summed E-state index contributed by atoms with van der Waals surface area (Å²) in [6.45, 7) is 4.40. The topological polar surface area (TPSA) is 38.0 Å². The van der Waals surface area contributed by atoms with E-state index in [9.17, 15) is 0 Å². The molecule has 2 heteroatoms. The molecule has 0 aliphatic heterocycles. The zero-order valence-corrected chi connectivity index (χ0v) is 9.53. The van der Waals surface area contributed by atoms with Gasteiger partial charge in [-0.15, -0.1) is 0 Å². The van der Waals surface area contributed by atoms with Gasteiger partial charge in [-0.25, -0.2) is 0 Å². The summed E-state index contributed by atoms with van der Waals surface area (Å²) in [4.78, 5) is 0. The van der Waals surface area contributed by atoms with Crippen molar-refractivity contribution in [1.82, 2.24) is 5.32 Å². The Morgan fingerprint density at radius 1 is 1.33 bits per heavy atom. The van der Waals surface area contributed by atoms with Crippen LogP contribution in [0.25, 0.3) is 0 Å². The van der Waals surface area contributed by atoms with Crippen LogP contribution in [0, 0.1) is 6.92 Å². The molecule has 1 aromatic rings. The maximum Gasteiger partial charge on any atom is 0.0296 e. The molecule has 0 amide bonds. The third kappa shape index (κ3) is 2.39. The summed E-state index contributed by atoms with van der Waals surface area (Å²) >= 11 is 0. The second-order valence-corrected chi connectivity index (χ2v) is 4.67. The highest BCUT2D eigenvalue weighted by Crippen LogP contribution is 2.23. The maximum absolute atomic E-state index is 5.77. The van der Waals surface area contributed by atoms with Gasteiger partial charge < -0.3 is 11.1 Å². The lowest BCUT2D eigenvalue weighted by molar-refractivity contribution is 0.272. The summed E-state index contributed by atoms with van der Waals surface area (Å²) in [5.74, 6) is 0. The van der Waals surface area contributed by atoms with E-state index < -0.39 is 0 Å². The molecule has 0 heterocycles. The lowest BCUT2D eigenvalue weighted by atomic mass is 9.86. The van der Waals surface area contributed by atoms with Gasteiger partial charge in [-0.3, -0.25) is 0 Å². The van der Waals surface area contributed by atoms with Crippen LogP contribution in [-0.4, -0.2) is 12.1 Å². The van der Waals surface area contributed by atoms with Gasteiger partial charge in [0.05, 0.1) is 0 Å². The van der Waals surface area contributed by atoms with Crippen LogP contribution in [0.2, 0.25) is 0 Å². The van der Waals surface area contributed by atoms with Gasteiger partial charge in [-0.1, -0.05) is 24.3 Å². The minimum atomic E-state index is 0.423. The van der Waals surface area contributed by atoms with E-state index in [1.165, 1.54) is 11.1 Å². The molecule has 1 fully saturated rings. The zero-order valence-electron chi connectivity index (χ0n) is 9.53. The molecule has 82 valence electrons. The van der Waals surface area contributed by atoms with E-state index in [-0.39, 0.29) is 0 Å². The lowest BCUT2D eigenvalue weighted by Gasteiger charge is -2.35. The van der Waals surface area contributed by atoms with Crippen molar-refractivity contribution in [3.8, 4) is 0 Å². The fraction of sp³-hybridized carbons (Fsp3) is 0.538. The molecule has 2 rings (SSSR count). The Balaban J connectivity index is 1.96. The molecule has 1 aromatic carbocycles. The first kappa shape index (κ1) is 10.7. The van der Waals surface area contributed by atoms with Crippen molar-refractivity contribution in [2.75, 3.05) is 0 Å². The fourth-order valence-corrected chi connectivity index (χ4v) is 2.31. The van der Waals surface area contributed by atoms with Gasteiger partial charge in [0.2, 0.25) is 0 Å². The van der Waals surface area contributed by atoms with Crippen LogP contribution < -0.4 is 11.1 Å². The first-order valence-corrected chi connectivity index (χ1v) is 5.74. The lowest BCUT2D eigenvalue weighted by Crippen LogP contribution is -2.49. The van der Waals surface area contributed by atoms with Crippen LogP contribution in [0.15, 0.2) is 24.3 Å². The molecule has 1 aliphatic carbocycles. The van der Waals surface area contributed by atoms with Crippen molar-refractivity contribution in [3.63, 3.8) is 0 Å². The van der Waals surface area contributed by atoms with Crippen LogP contribution in [0.3, 0.4) is 0 Å². The van der Waals surface area contributed by atoms with E-state index in [0.29, 0.717) is 18.1 Å². The number of aryl methyl sites for hydroxylation is 1. The van der Waals surface area contributed by atoms with Crippen molar-refractivity contribution in [1.29, 1.82) is 0 Å². The summed E-state index contributed by atoms with van der Waals surface area (Å²) in [5.41, 5.74) is 8.54. The number of nitrogens with two attached hydrogens (primary N) is 1. The van der Waals surface area contributed by atoms with E-state index in [1.54, 1.807) is 0 Å². The van der Waals surface area contributed by atoms with Crippen molar-refractivity contribution < 1.29 is 0 Å². The Morgan fingerprint density at radius 3 is 2.60 bits per heavy atom. The average Bonchev–Trinajstić information content (AvgIpc) is 2.16. The van der Waals surface area contributed by atoms with E-state index in [2.05, 4.69) is 43.4 Å². The van der Waals surface area contributed by atoms with Crippen LogP contribution in [0.4, 0.5) is 0 Å². The summed E-state index contributed by atoms with van der Waals surface area (Å²) < 4.78 is 0. The Labute approximate surface area is 91.9 Å². The predicted octanol–water partition coefficient (Wildman–Crippen LogP) is 2.14. The molecule has 3 N–H and O–H groups in total. The first-order valence-electron chi connectivity index (χ1n) is 5.74. The highest BCUT2D eigenvalue weighted by Gasteiger charge is 2.27. The van der Waals surface area contributed by atoms with E-state index in [4.69, 9.17) is 5.73 Å². The number of benzene rings is 1. The van der Waals surface area contributed by atoms with Crippen molar-refractivity contribution in [2.45, 2.75) is 44.8 Å². The van der Waals surface area contributed by atoms with E-state index in [0.717, 1.165) is 12.8 Å². The highest BCUT2D eigenvalue weighted by molar-refractivity contribution is 5.28. The van der Waals surface area contributed by atoms with E-state index in [1.807, 2.05) is 0 Å². The molecule has 0 bridgehead atoms. The van der Waals surface area contributed by atoms with Crippen LogP contribution in [-0.2, 0) is 0 Å². The highest BCUT2D eigenvalue weighted by atomic mass is 15.0. The molecule has 0 spiro atoms. The Morgan fingerprint density at radius 2 is 2.00 bits per heavy atom. The molecule has 1 aliphatic rings. The van der Waals surface area contributed by atoms with Gasteiger partial charge in [0, 0.05) is 18.1 Å². The number of hydrogen-bond acceptors (Lipinski definition) is 2. The minimum absolute atomic E-state index is 0.423. The summed E-state index contributed by atoms with van der Waals surface area (Å²) in [5, 5.41) is 3.62. The Bertz CT molecular complexity index is 329. The van der Waals surface area contributed by atoms with Gasteiger partial charge in [0.1, 0.15) is 0 Å². The number of rotatable bonds is 3. The second-order valence-electron chi connectivity index (χ2n) is 4.67. The molecular formula is C13H20N2. The monoisotopic (exact) mass is 204 g/mol. The third-order valence-corrected chi connectivity index (χ3v) is 3.32. The molecule has 0 unspecified atom stereocenters. The summed E-state index contributed by atoms with van der Waals surface area (Å²) in [6.07, 6.45) is 2.24. The van der Waals surface area contributed by atoms with Crippen molar-refractivity contribution in [3.05, 3.63) is 35.4 Å². The van der Waals surface area contributed by atoms with Crippen LogP contribution >= 0.6 is 0 Å². The molecule has 2 nitrogen and oxygen atoms in total. The van der Waals surface area contributed by atoms with Crippen molar-refractivity contribution in [2.24, 2.45) is 5.73 Å². The molecular weight excluding hydrogens is 184 g/mol. The van der Waals surface area contributed by atoms with E-state index >= 15 is 0 Å². The number of hydrogen-bond donors (Lipinski definition) is 2. The average molecular weight is 204 g/mol. The van der Waals surface area contributed by atoms with Gasteiger partial charge in [0.15, 0.2) is 0 Å². The van der Waals surface area contributed by atoms with Gasteiger partial charge in [-0.05, 0) is 37.8 Å². The van der Waals surface area contributed by atoms with Gasteiger partial charge in [-0.2, -0.15) is 0 Å². The van der Waals surface area contributed by atoms with Crippen LogP contribution in [0.1, 0.15) is 36.9 Å².